The van der Waals surface area contributed by atoms with Crippen LogP contribution in [-0.4, -0.2) is 35.6 Å². The number of aromatic nitrogens is 2. The Morgan fingerprint density at radius 1 is 1.62 bits per heavy atom. The third-order valence-electron chi connectivity index (χ3n) is 2.06. The van der Waals surface area contributed by atoms with Gasteiger partial charge in [0, 0.05) is 32.5 Å². The summed E-state index contributed by atoms with van der Waals surface area (Å²) in [4.78, 5) is 16.7. The molecule has 0 unspecified atom stereocenters. The Kier molecular flexibility index (Phi) is 4.36. The normalized spacial score (nSPS) is 10.8. The Labute approximate surface area is 91.5 Å². The van der Waals surface area contributed by atoms with Crippen molar-refractivity contribution in [2.45, 2.75) is 6.43 Å². The predicted octanol–water partition coefficient (Wildman–Crippen LogP) is -0.190. The van der Waals surface area contributed by atoms with Crippen LogP contribution in [0, 0.1) is 0 Å². The molecule has 0 radical (unpaired) electrons. The molecule has 5 nitrogen and oxygen atoms in total. The standard InChI is InChI=1S/C9H14F2N4O/c1-14-5-3-13-8(9(14)16)15(4-2-12)6-7(10)11/h3,5,7H,2,4,6,12H2,1H3. The van der Waals surface area contributed by atoms with E-state index in [1.165, 1.54) is 28.9 Å². The molecule has 0 saturated heterocycles. The zero-order chi connectivity index (χ0) is 12.1. The minimum atomic E-state index is -2.53. The minimum absolute atomic E-state index is 0.00995. The summed E-state index contributed by atoms with van der Waals surface area (Å²) in [6, 6.07) is 0. The van der Waals surface area contributed by atoms with Crippen LogP contribution in [0.15, 0.2) is 17.2 Å². The topological polar surface area (TPSA) is 64.2 Å². The van der Waals surface area contributed by atoms with Gasteiger partial charge in [0.2, 0.25) is 0 Å². The van der Waals surface area contributed by atoms with Crippen LogP contribution < -0.4 is 16.2 Å². The lowest BCUT2D eigenvalue weighted by Crippen LogP contribution is -2.39. The fourth-order valence-electron chi connectivity index (χ4n) is 1.31. The van der Waals surface area contributed by atoms with Gasteiger partial charge in [-0.15, -0.1) is 0 Å². The van der Waals surface area contributed by atoms with Gasteiger partial charge in [0.15, 0.2) is 5.82 Å². The molecule has 90 valence electrons. The van der Waals surface area contributed by atoms with E-state index in [9.17, 15) is 13.6 Å². The van der Waals surface area contributed by atoms with Gasteiger partial charge < -0.3 is 15.2 Å². The van der Waals surface area contributed by atoms with E-state index in [0.717, 1.165) is 0 Å². The monoisotopic (exact) mass is 232 g/mol. The Morgan fingerprint density at radius 3 is 2.88 bits per heavy atom. The van der Waals surface area contributed by atoms with Crippen LogP contribution in [0.2, 0.25) is 0 Å². The number of hydrogen-bond acceptors (Lipinski definition) is 4. The van der Waals surface area contributed by atoms with Crippen LogP contribution >= 0.6 is 0 Å². The Hall–Kier alpha value is -1.50. The van der Waals surface area contributed by atoms with Crippen molar-refractivity contribution in [3.8, 4) is 0 Å². The molecule has 0 aliphatic carbocycles. The minimum Gasteiger partial charge on any atom is -0.345 e. The summed E-state index contributed by atoms with van der Waals surface area (Å²) < 4.78 is 25.9. The van der Waals surface area contributed by atoms with Crippen molar-refractivity contribution in [1.82, 2.24) is 9.55 Å². The number of anilines is 1. The highest BCUT2D eigenvalue weighted by Gasteiger charge is 2.16. The molecule has 0 bridgehead atoms. The predicted molar refractivity (Wildman–Crippen MR) is 56.7 cm³/mol. The summed E-state index contributed by atoms with van der Waals surface area (Å²) in [6.07, 6.45) is 0.332. The number of nitrogens with two attached hydrogens (primary N) is 1. The fraction of sp³-hybridized carbons (Fsp3) is 0.556. The molecular formula is C9H14F2N4O. The number of rotatable bonds is 5. The quantitative estimate of drug-likeness (QED) is 0.764. The molecule has 0 saturated carbocycles. The van der Waals surface area contributed by atoms with Gasteiger partial charge in [-0.05, 0) is 0 Å². The maximum atomic E-state index is 12.3. The molecule has 0 aliphatic rings. The van der Waals surface area contributed by atoms with Crippen LogP contribution in [0.3, 0.4) is 0 Å². The maximum absolute atomic E-state index is 12.3. The van der Waals surface area contributed by atoms with E-state index < -0.39 is 18.5 Å². The number of nitrogens with zero attached hydrogens (tertiary/aromatic N) is 3. The van der Waals surface area contributed by atoms with Gasteiger partial charge in [0.05, 0.1) is 6.54 Å². The van der Waals surface area contributed by atoms with Crippen molar-refractivity contribution in [2.75, 3.05) is 24.5 Å². The summed E-state index contributed by atoms with van der Waals surface area (Å²) in [7, 11) is 1.54. The van der Waals surface area contributed by atoms with E-state index >= 15 is 0 Å². The van der Waals surface area contributed by atoms with E-state index in [1.807, 2.05) is 0 Å². The fourth-order valence-corrected chi connectivity index (χ4v) is 1.31. The van der Waals surface area contributed by atoms with E-state index in [0.29, 0.717) is 0 Å². The van der Waals surface area contributed by atoms with Gasteiger partial charge >= 0.3 is 0 Å². The van der Waals surface area contributed by atoms with Crippen molar-refractivity contribution in [3.05, 3.63) is 22.7 Å². The average Bonchev–Trinajstić information content (AvgIpc) is 2.21. The Morgan fingerprint density at radius 2 is 2.31 bits per heavy atom. The molecule has 1 aromatic rings. The summed E-state index contributed by atoms with van der Waals surface area (Å²) in [6.45, 7) is -0.174. The zero-order valence-electron chi connectivity index (χ0n) is 8.94. The van der Waals surface area contributed by atoms with Crippen molar-refractivity contribution >= 4 is 5.82 Å². The molecule has 0 amide bonds. The van der Waals surface area contributed by atoms with Gasteiger partial charge in [-0.25, -0.2) is 13.8 Å². The lowest BCUT2D eigenvalue weighted by Gasteiger charge is -2.21. The van der Waals surface area contributed by atoms with Crippen molar-refractivity contribution < 1.29 is 8.78 Å². The number of halogens is 2. The molecule has 0 fully saturated rings. The second kappa shape index (κ2) is 5.55. The average molecular weight is 232 g/mol. The van der Waals surface area contributed by atoms with Crippen LogP contribution in [0.25, 0.3) is 0 Å². The van der Waals surface area contributed by atoms with Crippen molar-refractivity contribution in [2.24, 2.45) is 12.8 Å². The van der Waals surface area contributed by atoms with Crippen molar-refractivity contribution in [1.29, 1.82) is 0 Å². The second-order valence-corrected chi connectivity index (χ2v) is 3.29. The highest BCUT2D eigenvalue weighted by molar-refractivity contribution is 5.35. The zero-order valence-corrected chi connectivity index (χ0v) is 8.94. The van der Waals surface area contributed by atoms with Crippen molar-refractivity contribution in [3.63, 3.8) is 0 Å². The molecule has 1 rings (SSSR count). The molecule has 1 heterocycles. The first-order chi connectivity index (χ1) is 7.56. The van der Waals surface area contributed by atoms with Crippen LogP contribution in [-0.2, 0) is 7.05 Å². The molecule has 1 aromatic heterocycles. The molecule has 0 spiro atoms. The summed E-state index contributed by atoms with van der Waals surface area (Å²) in [5.74, 6) is 0.00995. The maximum Gasteiger partial charge on any atom is 0.293 e. The lowest BCUT2D eigenvalue weighted by molar-refractivity contribution is 0.154. The molecule has 7 heteroatoms. The Balaban J connectivity index is 3.01. The molecule has 0 aliphatic heterocycles. The molecule has 2 N–H and O–H groups in total. The first-order valence-electron chi connectivity index (χ1n) is 4.81. The molecule has 0 aromatic carbocycles. The summed E-state index contributed by atoms with van der Waals surface area (Å²) in [5, 5.41) is 0. The van der Waals surface area contributed by atoms with Crippen LogP contribution in [0.4, 0.5) is 14.6 Å². The third kappa shape index (κ3) is 2.99. The Bertz CT molecular complexity index is 393. The summed E-state index contributed by atoms with van der Waals surface area (Å²) in [5.41, 5.74) is 4.90. The van der Waals surface area contributed by atoms with E-state index in [4.69, 9.17) is 5.73 Å². The molecule has 0 atom stereocenters. The second-order valence-electron chi connectivity index (χ2n) is 3.29. The van der Waals surface area contributed by atoms with Gasteiger partial charge in [-0.2, -0.15) is 0 Å². The molecule has 16 heavy (non-hydrogen) atoms. The lowest BCUT2D eigenvalue weighted by atomic mass is 10.4. The largest absolute Gasteiger partial charge is 0.345 e. The SMILES string of the molecule is Cn1ccnc(N(CCN)CC(F)F)c1=O. The molecular weight excluding hydrogens is 218 g/mol. The number of aryl methyl sites for hydroxylation is 1. The van der Waals surface area contributed by atoms with Gasteiger partial charge in [-0.3, -0.25) is 4.79 Å². The first-order valence-corrected chi connectivity index (χ1v) is 4.81. The number of hydrogen-bond donors (Lipinski definition) is 1. The van der Waals surface area contributed by atoms with Gasteiger partial charge in [0.1, 0.15) is 0 Å². The van der Waals surface area contributed by atoms with E-state index in [1.54, 1.807) is 0 Å². The third-order valence-corrected chi connectivity index (χ3v) is 2.06. The summed E-state index contributed by atoms with van der Waals surface area (Å²) >= 11 is 0. The van der Waals surface area contributed by atoms with Crippen LogP contribution in [0.1, 0.15) is 0 Å². The van der Waals surface area contributed by atoms with E-state index in [-0.39, 0.29) is 18.9 Å². The van der Waals surface area contributed by atoms with Crippen LogP contribution in [0.5, 0.6) is 0 Å². The van der Waals surface area contributed by atoms with Gasteiger partial charge in [-0.1, -0.05) is 0 Å². The smallest absolute Gasteiger partial charge is 0.293 e. The first kappa shape index (κ1) is 12.6. The van der Waals surface area contributed by atoms with E-state index in [2.05, 4.69) is 4.98 Å². The number of alkyl halides is 2. The highest BCUT2D eigenvalue weighted by Crippen LogP contribution is 2.05. The van der Waals surface area contributed by atoms with Gasteiger partial charge in [0.25, 0.3) is 12.0 Å². The highest BCUT2D eigenvalue weighted by atomic mass is 19.3.